The highest BCUT2D eigenvalue weighted by atomic mass is 19.4. The van der Waals surface area contributed by atoms with Crippen molar-refractivity contribution in [1.82, 2.24) is 15.1 Å². The van der Waals surface area contributed by atoms with Gasteiger partial charge < -0.3 is 5.32 Å². The van der Waals surface area contributed by atoms with E-state index in [4.69, 9.17) is 0 Å². The fourth-order valence-electron chi connectivity index (χ4n) is 2.11. The normalized spacial score (nSPS) is 12.1. The SMILES string of the molecule is Cc1ccccc1-n1ncc(CNC(C)C)c1C(F)(F)F. The van der Waals surface area contributed by atoms with Gasteiger partial charge in [-0.05, 0) is 18.6 Å². The summed E-state index contributed by atoms with van der Waals surface area (Å²) >= 11 is 0. The van der Waals surface area contributed by atoms with Crippen molar-refractivity contribution in [3.8, 4) is 5.69 Å². The van der Waals surface area contributed by atoms with Crippen LogP contribution in [0.3, 0.4) is 0 Å². The maximum Gasteiger partial charge on any atom is 0.433 e. The van der Waals surface area contributed by atoms with Crippen LogP contribution in [0.2, 0.25) is 0 Å². The third-order valence-electron chi connectivity index (χ3n) is 3.16. The lowest BCUT2D eigenvalue weighted by molar-refractivity contribution is -0.143. The second-order valence-electron chi connectivity index (χ2n) is 5.25. The number of para-hydroxylation sites is 1. The predicted octanol–water partition coefficient (Wildman–Crippen LogP) is 3.70. The van der Waals surface area contributed by atoms with Crippen molar-refractivity contribution in [1.29, 1.82) is 0 Å². The van der Waals surface area contributed by atoms with E-state index in [-0.39, 0.29) is 18.2 Å². The molecule has 0 atom stereocenters. The van der Waals surface area contributed by atoms with E-state index in [1.807, 2.05) is 13.8 Å². The Bertz CT molecular complexity index is 615. The standard InChI is InChI=1S/C15H18F3N3/c1-10(2)19-8-12-9-20-21(14(12)15(16,17)18)13-7-5-4-6-11(13)3/h4-7,9-10,19H,8H2,1-3H3. The molecule has 0 fully saturated rings. The summed E-state index contributed by atoms with van der Waals surface area (Å²) in [6.07, 6.45) is -3.17. The fourth-order valence-corrected chi connectivity index (χ4v) is 2.11. The van der Waals surface area contributed by atoms with E-state index >= 15 is 0 Å². The fraction of sp³-hybridized carbons (Fsp3) is 0.400. The van der Waals surface area contributed by atoms with Gasteiger partial charge in [0.1, 0.15) is 0 Å². The van der Waals surface area contributed by atoms with Gasteiger partial charge >= 0.3 is 6.18 Å². The molecule has 0 aliphatic rings. The topological polar surface area (TPSA) is 29.9 Å². The third-order valence-corrected chi connectivity index (χ3v) is 3.16. The van der Waals surface area contributed by atoms with E-state index in [2.05, 4.69) is 10.4 Å². The second kappa shape index (κ2) is 5.89. The highest BCUT2D eigenvalue weighted by Crippen LogP contribution is 2.34. The molecule has 1 aromatic carbocycles. The molecule has 114 valence electrons. The lowest BCUT2D eigenvalue weighted by Crippen LogP contribution is -2.24. The molecule has 0 aliphatic heterocycles. The molecule has 0 radical (unpaired) electrons. The maximum absolute atomic E-state index is 13.4. The third kappa shape index (κ3) is 3.44. The molecule has 2 rings (SSSR count). The van der Waals surface area contributed by atoms with Crippen molar-refractivity contribution in [2.45, 2.75) is 39.5 Å². The number of hydrogen-bond acceptors (Lipinski definition) is 2. The van der Waals surface area contributed by atoms with Crippen LogP contribution in [0.4, 0.5) is 13.2 Å². The molecule has 0 amide bonds. The molecule has 3 nitrogen and oxygen atoms in total. The first kappa shape index (κ1) is 15.6. The highest BCUT2D eigenvalue weighted by molar-refractivity contribution is 5.42. The van der Waals surface area contributed by atoms with Crippen LogP contribution < -0.4 is 5.32 Å². The molecule has 1 heterocycles. The number of halogens is 3. The van der Waals surface area contributed by atoms with E-state index < -0.39 is 11.9 Å². The van der Waals surface area contributed by atoms with Gasteiger partial charge in [-0.3, -0.25) is 0 Å². The molecule has 2 aromatic rings. The van der Waals surface area contributed by atoms with Gasteiger partial charge in [0, 0.05) is 18.2 Å². The Kier molecular flexibility index (Phi) is 4.37. The summed E-state index contributed by atoms with van der Waals surface area (Å²) in [5.74, 6) is 0. The molecule has 1 aromatic heterocycles. The largest absolute Gasteiger partial charge is 0.433 e. The summed E-state index contributed by atoms with van der Waals surface area (Å²) in [5, 5.41) is 6.95. The van der Waals surface area contributed by atoms with Crippen LogP contribution in [0.1, 0.15) is 30.7 Å². The van der Waals surface area contributed by atoms with E-state index in [0.29, 0.717) is 5.69 Å². The predicted molar refractivity (Wildman–Crippen MR) is 75.3 cm³/mol. The van der Waals surface area contributed by atoms with Crippen LogP contribution in [0.5, 0.6) is 0 Å². The van der Waals surface area contributed by atoms with Crippen LogP contribution in [0.15, 0.2) is 30.5 Å². The van der Waals surface area contributed by atoms with Crippen molar-refractivity contribution in [3.05, 3.63) is 47.3 Å². The number of nitrogens with zero attached hydrogens (tertiary/aromatic N) is 2. The molecule has 0 spiro atoms. The molecule has 0 unspecified atom stereocenters. The second-order valence-corrected chi connectivity index (χ2v) is 5.25. The average molecular weight is 297 g/mol. The van der Waals surface area contributed by atoms with Crippen molar-refractivity contribution in [2.24, 2.45) is 0 Å². The van der Waals surface area contributed by atoms with Crippen molar-refractivity contribution >= 4 is 0 Å². The smallest absolute Gasteiger partial charge is 0.310 e. The van der Waals surface area contributed by atoms with E-state index in [9.17, 15) is 13.2 Å². The van der Waals surface area contributed by atoms with Crippen molar-refractivity contribution in [2.75, 3.05) is 0 Å². The lowest BCUT2D eigenvalue weighted by Gasteiger charge is -2.15. The number of hydrogen-bond donors (Lipinski definition) is 1. The number of aryl methyl sites for hydroxylation is 1. The Morgan fingerprint density at radius 3 is 2.48 bits per heavy atom. The number of nitrogens with one attached hydrogen (secondary N) is 1. The molecule has 0 aliphatic carbocycles. The molecule has 21 heavy (non-hydrogen) atoms. The van der Waals surface area contributed by atoms with Crippen LogP contribution in [-0.2, 0) is 12.7 Å². The molecule has 6 heteroatoms. The summed E-state index contributed by atoms with van der Waals surface area (Å²) in [4.78, 5) is 0. The van der Waals surface area contributed by atoms with E-state index in [1.54, 1.807) is 31.2 Å². The molecule has 0 saturated heterocycles. The Morgan fingerprint density at radius 2 is 1.90 bits per heavy atom. The van der Waals surface area contributed by atoms with Crippen molar-refractivity contribution < 1.29 is 13.2 Å². The van der Waals surface area contributed by atoms with Gasteiger partial charge in [0.2, 0.25) is 0 Å². The van der Waals surface area contributed by atoms with Gasteiger partial charge in [-0.25, -0.2) is 4.68 Å². The molecular weight excluding hydrogens is 279 g/mol. The van der Waals surface area contributed by atoms with Gasteiger partial charge in [-0.1, -0.05) is 32.0 Å². The zero-order valence-electron chi connectivity index (χ0n) is 12.2. The Balaban J connectivity index is 2.50. The number of alkyl halides is 3. The summed E-state index contributed by atoms with van der Waals surface area (Å²) < 4.78 is 41.2. The number of benzene rings is 1. The molecule has 1 N–H and O–H groups in total. The van der Waals surface area contributed by atoms with Gasteiger partial charge in [-0.15, -0.1) is 0 Å². The minimum atomic E-state index is -4.45. The van der Waals surface area contributed by atoms with Crippen molar-refractivity contribution in [3.63, 3.8) is 0 Å². The van der Waals surface area contributed by atoms with Crippen LogP contribution >= 0.6 is 0 Å². The summed E-state index contributed by atoms with van der Waals surface area (Å²) in [6.45, 7) is 5.68. The van der Waals surface area contributed by atoms with Crippen LogP contribution in [0, 0.1) is 6.92 Å². The zero-order chi connectivity index (χ0) is 15.6. The first-order valence-electron chi connectivity index (χ1n) is 6.74. The van der Waals surface area contributed by atoms with Gasteiger partial charge in [0.25, 0.3) is 0 Å². The molecular formula is C15H18F3N3. The Hall–Kier alpha value is -1.82. The average Bonchev–Trinajstić information content (AvgIpc) is 2.80. The monoisotopic (exact) mass is 297 g/mol. The summed E-state index contributed by atoms with van der Waals surface area (Å²) in [7, 11) is 0. The highest BCUT2D eigenvalue weighted by Gasteiger charge is 2.38. The van der Waals surface area contributed by atoms with E-state index in [0.717, 1.165) is 10.2 Å². The quantitative estimate of drug-likeness (QED) is 0.932. The summed E-state index contributed by atoms with van der Waals surface area (Å²) in [6, 6.07) is 7.00. The van der Waals surface area contributed by atoms with Gasteiger partial charge in [0.15, 0.2) is 5.69 Å². The number of rotatable bonds is 4. The summed E-state index contributed by atoms with van der Waals surface area (Å²) in [5.41, 5.74) is 0.625. The molecule has 0 saturated carbocycles. The minimum Gasteiger partial charge on any atom is -0.310 e. The first-order valence-corrected chi connectivity index (χ1v) is 6.74. The lowest BCUT2D eigenvalue weighted by atomic mass is 10.2. The van der Waals surface area contributed by atoms with E-state index in [1.165, 1.54) is 6.20 Å². The van der Waals surface area contributed by atoms with Gasteiger partial charge in [0.05, 0.1) is 11.9 Å². The maximum atomic E-state index is 13.4. The van der Waals surface area contributed by atoms with Gasteiger partial charge in [-0.2, -0.15) is 18.3 Å². The Labute approximate surface area is 121 Å². The van der Waals surface area contributed by atoms with Crippen LogP contribution in [-0.4, -0.2) is 15.8 Å². The zero-order valence-corrected chi connectivity index (χ0v) is 12.2. The Morgan fingerprint density at radius 1 is 1.24 bits per heavy atom. The number of aromatic nitrogens is 2. The molecule has 0 bridgehead atoms. The minimum absolute atomic E-state index is 0.105. The van der Waals surface area contributed by atoms with Crippen LogP contribution in [0.25, 0.3) is 5.69 Å². The first-order chi connectivity index (χ1) is 9.80.